The van der Waals surface area contributed by atoms with Crippen LogP contribution in [0.25, 0.3) is 0 Å². The lowest BCUT2D eigenvalue weighted by molar-refractivity contribution is 0.176. The van der Waals surface area contributed by atoms with Gasteiger partial charge >= 0.3 is 0 Å². The van der Waals surface area contributed by atoms with Crippen LogP contribution in [0.4, 0.5) is 0 Å². The summed E-state index contributed by atoms with van der Waals surface area (Å²) in [4.78, 5) is 4.33. The Morgan fingerprint density at radius 2 is 2.53 bits per heavy atom. The summed E-state index contributed by atoms with van der Waals surface area (Å²) in [6, 6.07) is 0.595. The van der Waals surface area contributed by atoms with Gasteiger partial charge in [0.15, 0.2) is 0 Å². The average molecular weight is 237 g/mol. The van der Waals surface area contributed by atoms with Crippen molar-refractivity contribution in [1.82, 2.24) is 14.9 Å². The van der Waals surface area contributed by atoms with Crippen LogP contribution in [0.5, 0.6) is 0 Å². The van der Waals surface area contributed by atoms with Gasteiger partial charge < -0.3 is 14.6 Å². The van der Waals surface area contributed by atoms with Crippen LogP contribution >= 0.6 is 0 Å². The summed E-state index contributed by atoms with van der Waals surface area (Å²) in [5.41, 5.74) is 0. The maximum atomic E-state index is 5.45. The fourth-order valence-corrected chi connectivity index (χ4v) is 2.52. The number of hydrogen-bond donors (Lipinski definition) is 1. The smallest absolute Gasteiger partial charge is 0.109 e. The van der Waals surface area contributed by atoms with E-state index in [4.69, 9.17) is 4.74 Å². The third kappa shape index (κ3) is 3.30. The predicted molar refractivity (Wildman–Crippen MR) is 67.9 cm³/mol. The summed E-state index contributed by atoms with van der Waals surface area (Å²) in [5, 5.41) is 3.64. The molecule has 1 fully saturated rings. The molecular weight excluding hydrogens is 214 g/mol. The highest BCUT2D eigenvalue weighted by molar-refractivity contribution is 4.92. The summed E-state index contributed by atoms with van der Waals surface area (Å²) in [5.74, 6) is 1.84. The predicted octanol–water partition coefficient (Wildman–Crippen LogP) is 1.37. The Kier molecular flexibility index (Phi) is 4.57. The highest BCUT2D eigenvalue weighted by Crippen LogP contribution is 2.18. The molecule has 1 saturated heterocycles. The number of imidazole rings is 1. The Bertz CT molecular complexity index is 331. The summed E-state index contributed by atoms with van der Waals surface area (Å²) >= 11 is 0. The Balaban J connectivity index is 1.74. The normalized spacial score (nSPS) is 21.9. The van der Waals surface area contributed by atoms with Crippen LogP contribution in [0.3, 0.4) is 0 Å². The van der Waals surface area contributed by atoms with Gasteiger partial charge in [-0.2, -0.15) is 0 Å². The van der Waals surface area contributed by atoms with Crippen molar-refractivity contribution in [3.63, 3.8) is 0 Å². The number of ether oxygens (including phenoxy) is 1. The molecule has 0 saturated carbocycles. The molecule has 0 bridgehead atoms. The topological polar surface area (TPSA) is 39.1 Å². The molecule has 1 N–H and O–H groups in total. The first-order valence-electron chi connectivity index (χ1n) is 6.58. The van der Waals surface area contributed by atoms with Gasteiger partial charge in [0.25, 0.3) is 0 Å². The summed E-state index contributed by atoms with van der Waals surface area (Å²) < 4.78 is 7.54. The summed E-state index contributed by atoms with van der Waals surface area (Å²) in [6.45, 7) is 5.10. The van der Waals surface area contributed by atoms with Gasteiger partial charge in [-0.15, -0.1) is 0 Å². The molecule has 2 rings (SSSR count). The van der Waals surface area contributed by atoms with E-state index < -0.39 is 0 Å². The van der Waals surface area contributed by atoms with E-state index in [9.17, 15) is 0 Å². The number of nitrogens with zero attached hydrogens (tertiary/aromatic N) is 2. The highest BCUT2D eigenvalue weighted by atomic mass is 16.5. The van der Waals surface area contributed by atoms with Crippen molar-refractivity contribution in [2.24, 2.45) is 13.0 Å². The zero-order chi connectivity index (χ0) is 12.1. The van der Waals surface area contributed by atoms with Gasteiger partial charge in [0.1, 0.15) is 5.82 Å². The lowest BCUT2D eigenvalue weighted by atomic mass is 9.97. The van der Waals surface area contributed by atoms with Crippen molar-refractivity contribution in [2.75, 3.05) is 19.8 Å². The molecule has 0 amide bonds. The van der Waals surface area contributed by atoms with Gasteiger partial charge in [0.2, 0.25) is 0 Å². The number of rotatable bonds is 6. The van der Waals surface area contributed by atoms with E-state index in [1.54, 1.807) is 0 Å². The minimum atomic E-state index is 0.595. The highest BCUT2D eigenvalue weighted by Gasteiger charge is 2.23. The third-order valence-corrected chi connectivity index (χ3v) is 3.65. The standard InChI is InChI=1S/C13H23N3O/c1-3-12(11-5-9-17-10-11)14-6-4-13-15-7-8-16(13)2/h7-8,11-12,14H,3-6,9-10H2,1-2H3. The zero-order valence-electron chi connectivity index (χ0n) is 10.9. The van der Waals surface area contributed by atoms with E-state index in [2.05, 4.69) is 21.8 Å². The minimum Gasteiger partial charge on any atom is -0.381 e. The zero-order valence-corrected chi connectivity index (χ0v) is 10.9. The summed E-state index contributed by atoms with van der Waals surface area (Å²) in [6.07, 6.45) is 7.23. The number of aromatic nitrogens is 2. The molecule has 96 valence electrons. The number of hydrogen-bond acceptors (Lipinski definition) is 3. The van der Waals surface area contributed by atoms with Gasteiger partial charge in [0.05, 0.1) is 6.61 Å². The molecule has 2 atom stereocenters. The van der Waals surface area contributed by atoms with Gasteiger partial charge in [-0.1, -0.05) is 6.92 Å². The molecule has 2 unspecified atom stereocenters. The van der Waals surface area contributed by atoms with Crippen LogP contribution in [0.1, 0.15) is 25.6 Å². The van der Waals surface area contributed by atoms with E-state index in [1.165, 1.54) is 12.8 Å². The van der Waals surface area contributed by atoms with Crippen LogP contribution in [-0.4, -0.2) is 35.4 Å². The molecule has 0 radical (unpaired) electrons. The molecule has 0 aliphatic carbocycles. The fraction of sp³-hybridized carbons (Fsp3) is 0.769. The Hall–Kier alpha value is -0.870. The maximum absolute atomic E-state index is 5.45. The first-order valence-corrected chi connectivity index (χ1v) is 6.58. The van der Waals surface area contributed by atoms with Crippen LogP contribution in [0, 0.1) is 5.92 Å². The van der Waals surface area contributed by atoms with Gasteiger partial charge in [0, 0.05) is 45.1 Å². The molecule has 4 heteroatoms. The lowest BCUT2D eigenvalue weighted by Crippen LogP contribution is -2.37. The molecular formula is C13H23N3O. The van der Waals surface area contributed by atoms with Crippen molar-refractivity contribution in [3.05, 3.63) is 18.2 Å². The molecule has 4 nitrogen and oxygen atoms in total. The first-order chi connectivity index (χ1) is 8.31. The maximum Gasteiger partial charge on any atom is 0.109 e. The molecule has 0 spiro atoms. The van der Waals surface area contributed by atoms with Gasteiger partial charge in [-0.25, -0.2) is 4.98 Å². The largest absolute Gasteiger partial charge is 0.381 e. The Morgan fingerprint density at radius 1 is 1.65 bits per heavy atom. The molecule has 1 aliphatic heterocycles. The third-order valence-electron chi connectivity index (χ3n) is 3.65. The van der Waals surface area contributed by atoms with Gasteiger partial charge in [-0.3, -0.25) is 0 Å². The van der Waals surface area contributed by atoms with Crippen molar-refractivity contribution < 1.29 is 4.74 Å². The fourth-order valence-electron chi connectivity index (χ4n) is 2.52. The Labute approximate surface area is 103 Å². The van der Waals surface area contributed by atoms with Crippen molar-refractivity contribution in [3.8, 4) is 0 Å². The molecule has 1 aliphatic rings. The second-order valence-electron chi connectivity index (χ2n) is 4.80. The lowest BCUT2D eigenvalue weighted by Gasteiger charge is -2.22. The van der Waals surface area contributed by atoms with E-state index in [-0.39, 0.29) is 0 Å². The van der Waals surface area contributed by atoms with E-state index in [0.717, 1.165) is 32.0 Å². The summed E-state index contributed by atoms with van der Waals surface area (Å²) in [7, 11) is 2.05. The number of nitrogens with one attached hydrogen (secondary N) is 1. The number of aryl methyl sites for hydroxylation is 1. The van der Waals surface area contributed by atoms with E-state index >= 15 is 0 Å². The Morgan fingerprint density at radius 3 is 3.12 bits per heavy atom. The minimum absolute atomic E-state index is 0.595. The molecule has 2 heterocycles. The van der Waals surface area contributed by atoms with Crippen LogP contribution < -0.4 is 5.32 Å². The van der Waals surface area contributed by atoms with Crippen molar-refractivity contribution >= 4 is 0 Å². The van der Waals surface area contributed by atoms with E-state index in [0.29, 0.717) is 12.0 Å². The van der Waals surface area contributed by atoms with E-state index in [1.807, 2.05) is 19.4 Å². The first kappa shape index (κ1) is 12.6. The second-order valence-corrected chi connectivity index (χ2v) is 4.80. The molecule has 1 aromatic rings. The van der Waals surface area contributed by atoms with Crippen molar-refractivity contribution in [1.29, 1.82) is 0 Å². The molecule has 0 aromatic carbocycles. The average Bonchev–Trinajstić information content (AvgIpc) is 2.97. The van der Waals surface area contributed by atoms with Crippen LogP contribution in [0.15, 0.2) is 12.4 Å². The SMILES string of the molecule is CCC(NCCc1nccn1C)C1CCOC1. The van der Waals surface area contributed by atoms with Crippen LogP contribution in [-0.2, 0) is 18.2 Å². The monoisotopic (exact) mass is 237 g/mol. The second kappa shape index (κ2) is 6.17. The van der Waals surface area contributed by atoms with Gasteiger partial charge in [-0.05, 0) is 18.8 Å². The molecule has 17 heavy (non-hydrogen) atoms. The van der Waals surface area contributed by atoms with Crippen LogP contribution in [0.2, 0.25) is 0 Å². The quantitative estimate of drug-likeness (QED) is 0.812. The van der Waals surface area contributed by atoms with Crippen molar-refractivity contribution in [2.45, 2.75) is 32.2 Å². The molecule has 1 aromatic heterocycles.